The molecule has 12 heteroatoms. The fraction of sp³-hybridized carbons (Fsp3) is 0.417. The molecule has 1 heterocycles. The first-order valence-electron chi connectivity index (χ1n) is 6.82. The lowest BCUT2D eigenvalue weighted by Gasteiger charge is -2.22. The molecule has 1 aliphatic rings. The first-order chi connectivity index (χ1) is 11.3. The number of nitro benzene ring substituents is 3. The Morgan fingerprint density at radius 2 is 1.42 bits per heavy atom. The van der Waals surface area contributed by atoms with Crippen molar-refractivity contribution in [2.75, 3.05) is 13.1 Å². The van der Waals surface area contributed by atoms with Crippen molar-refractivity contribution in [2.45, 2.75) is 19.3 Å². The van der Waals surface area contributed by atoms with E-state index in [9.17, 15) is 30.3 Å². The summed E-state index contributed by atoms with van der Waals surface area (Å²) in [5, 5.41) is 47.1. The molecule has 1 saturated heterocycles. The van der Waals surface area contributed by atoms with E-state index in [2.05, 4.69) is 4.90 Å². The lowest BCUT2D eigenvalue weighted by molar-refractivity contribution is -0.404. The number of nitro groups is 3. The van der Waals surface area contributed by atoms with E-state index in [1.165, 1.54) is 25.6 Å². The zero-order valence-electron chi connectivity index (χ0n) is 12.5. The van der Waals surface area contributed by atoms with E-state index in [1.54, 1.807) is 0 Å². The average Bonchev–Trinajstić information content (AvgIpc) is 2.55. The van der Waals surface area contributed by atoms with Gasteiger partial charge in [0.1, 0.15) is 0 Å². The molecule has 0 aromatic heterocycles. The molecule has 0 radical (unpaired) electrons. The molecule has 0 atom stereocenters. The summed E-state index contributed by atoms with van der Waals surface area (Å²) in [5.41, 5.74) is -3.00. The number of phenols is 1. The number of likely N-dealkylation sites (tertiary alicyclic amines) is 1. The third kappa shape index (κ3) is 4.86. The summed E-state index contributed by atoms with van der Waals surface area (Å²) in [5.74, 6) is -1.21. The maximum atomic E-state index is 10.4. The molecule has 0 unspecified atom stereocenters. The van der Waals surface area contributed by atoms with Gasteiger partial charge in [-0.3, -0.25) is 35.8 Å². The van der Waals surface area contributed by atoms with E-state index in [0.29, 0.717) is 12.1 Å². The Morgan fingerprint density at radius 1 is 0.958 bits per heavy atom. The van der Waals surface area contributed by atoms with Crippen molar-refractivity contribution in [3.63, 3.8) is 0 Å². The van der Waals surface area contributed by atoms with Gasteiger partial charge in [0.05, 0.1) is 33.2 Å². The Balaban J connectivity index is 0.000000300. The number of nitrogens with one attached hydrogen (secondary N) is 1. The van der Waals surface area contributed by atoms with Crippen LogP contribution < -0.4 is 0 Å². The van der Waals surface area contributed by atoms with E-state index in [0.717, 1.165) is 13.1 Å². The van der Waals surface area contributed by atoms with Gasteiger partial charge in [-0.05, 0) is 19.3 Å². The summed E-state index contributed by atoms with van der Waals surface area (Å²) in [6.45, 7) is 2.20. The molecule has 0 spiro atoms. The fourth-order valence-corrected chi connectivity index (χ4v) is 2.02. The Morgan fingerprint density at radius 3 is 1.71 bits per heavy atom. The minimum absolute atomic E-state index is 0.447. The number of nitrogens with zero attached hydrogens (tertiary/aromatic N) is 4. The van der Waals surface area contributed by atoms with Gasteiger partial charge in [-0.1, -0.05) is 0 Å². The maximum absolute atomic E-state index is 10.4. The van der Waals surface area contributed by atoms with Crippen molar-refractivity contribution >= 4 is 23.4 Å². The van der Waals surface area contributed by atoms with E-state index in [1.807, 2.05) is 0 Å². The van der Waals surface area contributed by atoms with E-state index < -0.39 is 37.6 Å². The second-order valence-corrected chi connectivity index (χ2v) is 4.83. The molecule has 0 aliphatic carbocycles. The Hall–Kier alpha value is -3.31. The number of benzene rings is 1. The SMILES string of the molecule is N=CN1CCCCC1.O=[N+]([O-])c1cc([N+](=O)[O-])c(O)c([N+](=O)[O-])c1. The monoisotopic (exact) mass is 341 g/mol. The van der Waals surface area contributed by atoms with Gasteiger partial charge in [0, 0.05) is 13.1 Å². The predicted molar refractivity (Wildman–Crippen MR) is 82.3 cm³/mol. The van der Waals surface area contributed by atoms with Crippen molar-refractivity contribution in [3.8, 4) is 5.75 Å². The molecule has 1 aromatic carbocycles. The fourth-order valence-electron chi connectivity index (χ4n) is 2.02. The quantitative estimate of drug-likeness (QED) is 0.362. The van der Waals surface area contributed by atoms with Crippen molar-refractivity contribution in [1.82, 2.24) is 4.90 Å². The summed E-state index contributed by atoms with van der Waals surface area (Å²) < 4.78 is 0. The highest BCUT2D eigenvalue weighted by molar-refractivity contribution is 5.64. The van der Waals surface area contributed by atoms with Crippen LogP contribution in [0.1, 0.15) is 19.3 Å². The summed E-state index contributed by atoms with van der Waals surface area (Å²) in [6, 6.07) is 0.894. The standard InChI is InChI=1S/C6H3N3O7.C6H12N2/c10-6-4(8(13)14)1-3(7(11)12)2-5(6)9(15)16;7-6-8-4-2-1-3-5-8/h1-2,10H;6-7H,1-5H2. The van der Waals surface area contributed by atoms with Gasteiger partial charge in [-0.25, -0.2) is 0 Å². The topological polar surface area (TPSA) is 177 Å². The molecule has 1 aliphatic heterocycles. The molecule has 2 N–H and O–H groups in total. The number of piperidine rings is 1. The predicted octanol–water partition coefficient (Wildman–Crippen LogP) is 2.20. The first-order valence-corrected chi connectivity index (χ1v) is 6.82. The lowest BCUT2D eigenvalue weighted by Crippen LogP contribution is -2.27. The highest BCUT2D eigenvalue weighted by Crippen LogP contribution is 2.38. The molecule has 130 valence electrons. The van der Waals surface area contributed by atoms with Gasteiger partial charge in [0.25, 0.3) is 11.4 Å². The number of rotatable bonds is 4. The van der Waals surface area contributed by atoms with Crippen LogP contribution in [0.5, 0.6) is 5.75 Å². The van der Waals surface area contributed by atoms with Crippen LogP contribution in [0.15, 0.2) is 12.1 Å². The highest BCUT2D eigenvalue weighted by Gasteiger charge is 2.30. The van der Waals surface area contributed by atoms with E-state index in [4.69, 9.17) is 10.5 Å². The van der Waals surface area contributed by atoms with Gasteiger partial charge in [0.15, 0.2) is 0 Å². The molecule has 24 heavy (non-hydrogen) atoms. The van der Waals surface area contributed by atoms with Crippen LogP contribution in [0.4, 0.5) is 17.1 Å². The number of non-ortho nitro benzene ring substituents is 1. The number of aromatic hydroxyl groups is 1. The molecular formula is C12H15N5O7. The summed E-state index contributed by atoms with van der Waals surface area (Å²) in [6.07, 6.45) is 5.34. The normalized spacial score (nSPS) is 13.4. The van der Waals surface area contributed by atoms with Crippen LogP contribution in [0.2, 0.25) is 0 Å². The van der Waals surface area contributed by atoms with Crippen LogP contribution in [0.3, 0.4) is 0 Å². The molecule has 1 fully saturated rings. The lowest BCUT2D eigenvalue weighted by atomic mass is 10.1. The Labute approximate surface area is 135 Å². The van der Waals surface area contributed by atoms with E-state index >= 15 is 0 Å². The second kappa shape index (κ2) is 8.36. The molecule has 12 nitrogen and oxygen atoms in total. The molecule has 0 bridgehead atoms. The number of phenolic OH excluding ortho intramolecular Hbond substituents is 1. The van der Waals surface area contributed by atoms with Gasteiger partial charge >= 0.3 is 11.4 Å². The second-order valence-electron chi connectivity index (χ2n) is 4.83. The van der Waals surface area contributed by atoms with Crippen LogP contribution in [0.25, 0.3) is 0 Å². The Kier molecular flexibility index (Phi) is 6.52. The Bertz CT molecular complexity index is 622. The van der Waals surface area contributed by atoms with Crippen molar-refractivity contribution < 1.29 is 19.9 Å². The summed E-state index contributed by atoms with van der Waals surface area (Å²) in [7, 11) is 0. The van der Waals surface area contributed by atoms with Gasteiger partial charge in [-0.2, -0.15) is 0 Å². The van der Waals surface area contributed by atoms with Gasteiger partial charge in [0.2, 0.25) is 0 Å². The molecule has 2 rings (SSSR count). The van der Waals surface area contributed by atoms with Crippen molar-refractivity contribution in [1.29, 1.82) is 5.41 Å². The third-order valence-corrected chi connectivity index (χ3v) is 3.23. The van der Waals surface area contributed by atoms with Crippen LogP contribution in [0, 0.1) is 35.8 Å². The zero-order chi connectivity index (χ0) is 18.3. The highest BCUT2D eigenvalue weighted by atomic mass is 16.6. The minimum atomic E-state index is -1.21. The first kappa shape index (κ1) is 18.7. The molecule has 0 amide bonds. The van der Waals surface area contributed by atoms with Crippen LogP contribution in [-0.2, 0) is 0 Å². The minimum Gasteiger partial charge on any atom is -0.497 e. The van der Waals surface area contributed by atoms with Crippen molar-refractivity contribution in [3.05, 3.63) is 42.5 Å². The number of hydrogen-bond donors (Lipinski definition) is 2. The molecular weight excluding hydrogens is 326 g/mol. The average molecular weight is 341 g/mol. The summed E-state index contributed by atoms with van der Waals surface area (Å²) in [4.78, 5) is 29.8. The van der Waals surface area contributed by atoms with Gasteiger partial charge < -0.3 is 10.0 Å². The smallest absolute Gasteiger partial charge is 0.324 e. The number of hydrogen-bond acceptors (Lipinski definition) is 8. The van der Waals surface area contributed by atoms with Crippen LogP contribution in [-0.4, -0.2) is 44.2 Å². The third-order valence-electron chi connectivity index (χ3n) is 3.23. The summed E-state index contributed by atoms with van der Waals surface area (Å²) >= 11 is 0. The van der Waals surface area contributed by atoms with E-state index in [-0.39, 0.29) is 0 Å². The van der Waals surface area contributed by atoms with Crippen molar-refractivity contribution in [2.24, 2.45) is 0 Å². The van der Waals surface area contributed by atoms with Crippen LogP contribution >= 0.6 is 0 Å². The largest absolute Gasteiger partial charge is 0.497 e. The van der Waals surface area contributed by atoms with Gasteiger partial charge in [-0.15, -0.1) is 0 Å². The maximum Gasteiger partial charge on any atom is 0.324 e. The molecule has 0 saturated carbocycles. The molecule has 1 aromatic rings. The zero-order valence-corrected chi connectivity index (χ0v) is 12.5.